The van der Waals surface area contributed by atoms with Gasteiger partial charge in [0.1, 0.15) is 23.7 Å². The van der Waals surface area contributed by atoms with Crippen LogP contribution >= 0.6 is 11.3 Å². The van der Waals surface area contributed by atoms with Crippen LogP contribution in [0.3, 0.4) is 0 Å². The number of carboxylic acids is 1. The summed E-state index contributed by atoms with van der Waals surface area (Å²) in [5.74, 6) is -2.12. The summed E-state index contributed by atoms with van der Waals surface area (Å²) in [4.78, 5) is 51.2. The van der Waals surface area contributed by atoms with Gasteiger partial charge in [0.05, 0.1) is 24.1 Å². The lowest BCUT2D eigenvalue weighted by Crippen LogP contribution is -2.52. The molecule has 4 aromatic rings. The van der Waals surface area contributed by atoms with E-state index in [1.807, 2.05) is 0 Å². The van der Waals surface area contributed by atoms with Crippen molar-refractivity contribution >= 4 is 45.9 Å². The van der Waals surface area contributed by atoms with Crippen LogP contribution in [0.25, 0.3) is 16.2 Å². The number of anilines is 2. The van der Waals surface area contributed by atoms with Crippen molar-refractivity contribution in [3.05, 3.63) is 63.8 Å². The van der Waals surface area contributed by atoms with Crippen LogP contribution < -0.4 is 20.4 Å². The van der Waals surface area contributed by atoms with E-state index in [1.54, 1.807) is 29.5 Å². The topological polar surface area (TPSA) is 149 Å². The maximum absolute atomic E-state index is 15.1. The first-order valence-corrected chi connectivity index (χ1v) is 12.3. The van der Waals surface area contributed by atoms with E-state index in [9.17, 15) is 19.5 Å². The fourth-order valence-corrected chi connectivity index (χ4v) is 4.52. The van der Waals surface area contributed by atoms with Crippen LogP contribution in [0.1, 0.15) is 10.4 Å². The molecule has 196 valence electrons. The van der Waals surface area contributed by atoms with Crippen LogP contribution in [-0.2, 0) is 9.53 Å². The third-order valence-corrected chi connectivity index (χ3v) is 6.64. The van der Waals surface area contributed by atoms with Crippen LogP contribution in [0, 0.1) is 11.7 Å². The van der Waals surface area contributed by atoms with Crippen molar-refractivity contribution in [3.63, 3.8) is 0 Å². The lowest BCUT2D eigenvalue weighted by atomic mass is 9.99. The minimum absolute atomic E-state index is 0.0509. The number of halogens is 1. The van der Waals surface area contributed by atoms with Crippen molar-refractivity contribution < 1.29 is 28.6 Å². The number of carboxylic acid groups (broad SMARTS) is 1. The van der Waals surface area contributed by atoms with E-state index in [0.29, 0.717) is 29.9 Å². The Morgan fingerprint density at radius 2 is 2.08 bits per heavy atom. The Hall–Kier alpha value is -4.43. The summed E-state index contributed by atoms with van der Waals surface area (Å²) in [5, 5.41) is 14.0. The number of rotatable bonds is 9. The summed E-state index contributed by atoms with van der Waals surface area (Å²) < 4.78 is 26.8. The number of methoxy groups -OCH3 is 1. The van der Waals surface area contributed by atoms with Gasteiger partial charge in [-0.15, -0.1) is 11.3 Å². The molecule has 5 heterocycles. The van der Waals surface area contributed by atoms with E-state index < -0.39 is 28.7 Å². The molecular weight excluding hydrogens is 519 g/mol. The molecule has 1 aliphatic heterocycles. The predicted molar refractivity (Wildman–Crippen MR) is 136 cm³/mol. The van der Waals surface area contributed by atoms with Gasteiger partial charge in [-0.25, -0.2) is 24.1 Å². The Bertz CT molecular complexity index is 1550. The number of thiazole rings is 1. The number of aromatic nitrogens is 4. The third-order valence-electron chi connectivity index (χ3n) is 5.86. The van der Waals surface area contributed by atoms with Gasteiger partial charge in [-0.05, 0) is 18.2 Å². The molecule has 2 N–H and O–H groups in total. The smallest absolute Gasteiger partial charge is 0.341 e. The maximum atomic E-state index is 15.1. The Balaban J connectivity index is 1.33. The van der Waals surface area contributed by atoms with E-state index in [0.717, 1.165) is 12.3 Å². The molecule has 38 heavy (non-hydrogen) atoms. The lowest BCUT2D eigenvalue weighted by molar-refractivity contribution is -0.120. The van der Waals surface area contributed by atoms with E-state index in [2.05, 4.69) is 20.3 Å². The fraction of sp³-hybridized carbons (Fsp3) is 0.250. The van der Waals surface area contributed by atoms with Crippen molar-refractivity contribution in [1.82, 2.24) is 19.5 Å². The molecule has 5 rings (SSSR count). The lowest BCUT2D eigenvalue weighted by Gasteiger charge is -2.39. The van der Waals surface area contributed by atoms with E-state index in [1.165, 1.54) is 28.3 Å². The molecule has 1 saturated heterocycles. The summed E-state index contributed by atoms with van der Waals surface area (Å²) in [6.45, 7) is 1.19. The van der Waals surface area contributed by atoms with E-state index >= 15 is 4.39 Å². The highest BCUT2D eigenvalue weighted by Gasteiger charge is 2.35. The van der Waals surface area contributed by atoms with E-state index in [-0.39, 0.29) is 35.8 Å². The monoisotopic (exact) mass is 540 g/mol. The molecule has 0 bridgehead atoms. The number of nitrogens with zero attached hydrogens (tertiary/aromatic N) is 5. The maximum Gasteiger partial charge on any atom is 0.341 e. The average molecular weight is 541 g/mol. The van der Waals surface area contributed by atoms with Gasteiger partial charge < -0.3 is 24.8 Å². The van der Waals surface area contributed by atoms with Crippen LogP contribution in [0.15, 0.2) is 47.0 Å². The van der Waals surface area contributed by atoms with E-state index in [4.69, 9.17) is 9.47 Å². The molecule has 0 radical (unpaired) electrons. The number of hydrogen-bond acceptors (Lipinski definition) is 10. The summed E-state index contributed by atoms with van der Waals surface area (Å²) in [6.07, 6.45) is 4.14. The van der Waals surface area contributed by atoms with Crippen molar-refractivity contribution in [1.29, 1.82) is 0 Å². The number of aromatic carboxylic acids is 1. The van der Waals surface area contributed by atoms with Crippen LogP contribution in [0.4, 0.5) is 16.0 Å². The number of carbonyl (C=O) groups is 2. The molecule has 0 atom stereocenters. The zero-order valence-corrected chi connectivity index (χ0v) is 20.8. The summed E-state index contributed by atoms with van der Waals surface area (Å²) in [6, 6.07) is 4.27. The molecule has 1 fully saturated rings. The molecule has 0 spiro atoms. The summed E-state index contributed by atoms with van der Waals surface area (Å²) in [5.41, 5.74) is -1.30. The van der Waals surface area contributed by atoms with Gasteiger partial charge in [0.2, 0.25) is 11.3 Å². The molecule has 4 aromatic heterocycles. The van der Waals surface area contributed by atoms with Crippen molar-refractivity contribution in [2.24, 2.45) is 5.92 Å². The first-order valence-electron chi connectivity index (χ1n) is 11.4. The van der Waals surface area contributed by atoms with Gasteiger partial charge in [0, 0.05) is 38.0 Å². The SMILES string of the molecule is COCCOc1ccc(NC(=O)C2CN(c3nc4c(cc3F)c(=O)c(C(=O)O)cn4-c3nccs3)C2)nc1. The number of ether oxygens (including phenoxy) is 2. The minimum Gasteiger partial charge on any atom is -0.490 e. The van der Waals surface area contributed by atoms with Gasteiger partial charge >= 0.3 is 5.97 Å². The highest BCUT2D eigenvalue weighted by Crippen LogP contribution is 2.29. The molecule has 1 amide bonds. The zero-order chi connectivity index (χ0) is 26.8. The summed E-state index contributed by atoms with van der Waals surface area (Å²) >= 11 is 1.20. The van der Waals surface area contributed by atoms with Gasteiger partial charge in [-0.2, -0.15) is 0 Å². The highest BCUT2D eigenvalue weighted by atomic mass is 32.1. The summed E-state index contributed by atoms with van der Waals surface area (Å²) in [7, 11) is 1.57. The van der Waals surface area contributed by atoms with Gasteiger partial charge in [-0.3, -0.25) is 14.2 Å². The van der Waals surface area contributed by atoms with Crippen molar-refractivity contribution in [2.45, 2.75) is 0 Å². The Morgan fingerprint density at radius 1 is 1.26 bits per heavy atom. The van der Waals surface area contributed by atoms with Crippen LogP contribution in [0.2, 0.25) is 0 Å². The molecule has 0 aliphatic carbocycles. The standard InChI is InChI=1S/C24H21FN6O6S/c1-36-5-6-37-14-2-3-18(27-9-14)28-22(33)13-10-30(11-13)21-17(25)8-15-19(32)16(23(34)35)12-31(20(15)29-21)24-26-4-7-38-24/h2-4,7-9,12-13H,5-6,10-11H2,1H3,(H,34,35)(H,27,28,33). The van der Waals surface area contributed by atoms with Crippen LogP contribution in [0.5, 0.6) is 5.75 Å². The van der Waals surface area contributed by atoms with Gasteiger partial charge in [-0.1, -0.05) is 0 Å². The van der Waals surface area contributed by atoms with Gasteiger partial charge in [0.15, 0.2) is 22.4 Å². The van der Waals surface area contributed by atoms with Crippen LogP contribution in [-0.4, -0.2) is 69.9 Å². The van der Waals surface area contributed by atoms with Gasteiger partial charge in [0.25, 0.3) is 0 Å². The number of fused-ring (bicyclic) bond motifs is 1. The Morgan fingerprint density at radius 3 is 2.74 bits per heavy atom. The Kier molecular flexibility index (Phi) is 6.98. The quantitative estimate of drug-likeness (QED) is 0.303. The van der Waals surface area contributed by atoms with Crippen molar-refractivity contribution in [3.8, 4) is 10.9 Å². The minimum atomic E-state index is -1.44. The Labute approximate surface area is 218 Å². The molecule has 0 aromatic carbocycles. The third kappa shape index (κ3) is 4.90. The average Bonchev–Trinajstić information content (AvgIpc) is 3.40. The molecule has 12 nitrogen and oxygen atoms in total. The predicted octanol–water partition coefficient (Wildman–Crippen LogP) is 2.17. The second kappa shape index (κ2) is 10.5. The normalized spacial score (nSPS) is 13.4. The zero-order valence-electron chi connectivity index (χ0n) is 20.0. The second-order valence-corrected chi connectivity index (χ2v) is 9.21. The first kappa shape index (κ1) is 25.2. The van der Waals surface area contributed by atoms with Crippen molar-refractivity contribution in [2.75, 3.05) is 43.6 Å². The number of amides is 1. The molecule has 0 unspecified atom stereocenters. The number of nitrogens with one attached hydrogen (secondary N) is 1. The second-order valence-electron chi connectivity index (χ2n) is 8.34. The fourth-order valence-electron chi connectivity index (χ4n) is 3.90. The molecule has 0 saturated carbocycles. The largest absolute Gasteiger partial charge is 0.490 e. The molecule has 14 heteroatoms. The molecule has 1 aliphatic rings. The number of pyridine rings is 3. The number of hydrogen-bond donors (Lipinski definition) is 2. The number of carbonyl (C=O) groups excluding carboxylic acids is 1. The highest BCUT2D eigenvalue weighted by molar-refractivity contribution is 7.12. The first-order chi connectivity index (χ1) is 18.4. The molecular formula is C24H21FN6O6S.